The van der Waals surface area contributed by atoms with Crippen LogP contribution in [-0.4, -0.2) is 36.5 Å². The molecule has 4 rings (SSSR count). The van der Waals surface area contributed by atoms with E-state index in [4.69, 9.17) is 4.74 Å². The largest absolute Gasteiger partial charge is 0.466 e. The number of likely N-dealkylation sites (tertiary alicyclic amines) is 1. The average Bonchev–Trinajstić information content (AvgIpc) is 2.78. The van der Waals surface area contributed by atoms with Crippen LogP contribution in [-0.2, 0) is 14.3 Å². The number of carbonyl (C=O) groups is 2. The molecule has 3 aliphatic carbocycles. The Bertz CT molecular complexity index is 803. The van der Waals surface area contributed by atoms with Gasteiger partial charge in [0.05, 0.1) is 17.9 Å². The summed E-state index contributed by atoms with van der Waals surface area (Å²) in [5.74, 6) is 1.81. The number of fused-ring (bicyclic) bond motifs is 3. The Balaban J connectivity index is 1.52. The lowest BCUT2D eigenvalue weighted by atomic mass is 9.46. The first-order valence-corrected chi connectivity index (χ1v) is 13.1. The van der Waals surface area contributed by atoms with Gasteiger partial charge in [0.25, 0.3) is 0 Å². The topological polar surface area (TPSA) is 46.6 Å². The number of amides is 1. The van der Waals surface area contributed by atoms with E-state index in [1.807, 2.05) is 6.92 Å². The molecule has 4 heteroatoms. The lowest BCUT2D eigenvalue weighted by molar-refractivity contribution is -0.160. The van der Waals surface area contributed by atoms with E-state index in [9.17, 15) is 9.59 Å². The van der Waals surface area contributed by atoms with Crippen molar-refractivity contribution in [3.63, 3.8) is 0 Å². The highest BCUT2D eigenvalue weighted by molar-refractivity contribution is 5.83. The van der Waals surface area contributed by atoms with Crippen molar-refractivity contribution in [3.05, 3.63) is 23.3 Å². The summed E-state index contributed by atoms with van der Waals surface area (Å²) in [6.45, 7) is 13.0. The quantitative estimate of drug-likeness (QED) is 0.509. The van der Waals surface area contributed by atoms with Gasteiger partial charge >= 0.3 is 5.97 Å². The summed E-state index contributed by atoms with van der Waals surface area (Å²) in [6, 6.07) is 0. The van der Waals surface area contributed by atoms with E-state index in [2.05, 4.69) is 44.7 Å². The Kier molecular flexibility index (Phi) is 6.62. The molecule has 178 valence electrons. The molecule has 0 aromatic carbocycles. The third-order valence-electron chi connectivity index (χ3n) is 9.47. The third-order valence-corrected chi connectivity index (χ3v) is 9.47. The number of hydrogen-bond acceptors (Lipinski definition) is 3. The number of rotatable bonds is 4. The van der Waals surface area contributed by atoms with E-state index in [1.54, 1.807) is 11.1 Å². The first-order chi connectivity index (χ1) is 15.2. The van der Waals surface area contributed by atoms with Gasteiger partial charge in [0.1, 0.15) is 0 Å². The molecule has 4 nitrogen and oxygen atoms in total. The normalized spacial score (nSPS) is 35.5. The second-order valence-electron chi connectivity index (χ2n) is 11.6. The summed E-state index contributed by atoms with van der Waals surface area (Å²) >= 11 is 0. The molecule has 1 saturated heterocycles. The van der Waals surface area contributed by atoms with E-state index in [1.165, 1.54) is 19.3 Å². The van der Waals surface area contributed by atoms with Crippen molar-refractivity contribution in [2.24, 2.45) is 34.5 Å². The van der Waals surface area contributed by atoms with Crippen molar-refractivity contribution in [2.75, 3.05) is 19.7 Å². The monoisotopic (exact) mass is 441 g/mol. The summed E-state index contributed by atoms with van der Waals surface area (Å²) in [5.41, 5.74) is 3.04. The number of esters is 1. The smallest absolute Gasteiger partial charge is 0.309 e. The summed E-state index contributed by atoms with van der Waals surface area (Å²) in [5, 5.41) is 0. The number of allylic oxidation sites excluding steroid dienone is 4. The SMILES string of the molecule is CCOC(=O)C1CCN(C(=O)[C@@]2(C)CCC[C@@]3(C)C4CCC(C(C)C)=CC4=CCC32)CC1. The van der Waals surface area contributed by atoms with Gasteiger partial charge in [-0.15, -0.1) is 0 Å². The van der Waals surface area contributed by atoms with E-state index >= 15 is 0 Å². The van der Waals surface area contributed by atoms with Crippen molar-refractivity contribution >= 4 is 11.9 Å². The first-order valence-electron chi connectivity index (χ1n) is 13.1. The van der Waals surface area contributed by atoms with Gasteiger partial charge < -0.3 is 9.64 Å². The zero-order valence-electron chi connectivity index (χ0n) is 20.9. The maximum atomic E-state index is 14.0. The zero-order chi connectivity index (χ0) is 23.1. The lowest BCUT2D eigenvalue weighted by Gasteiger charge is -2.58. The molecule has 32 heavy (non-hydrogen) atoms. The molecule has 1 aliphatic heterocycles. The van der Waals surface area contributed by atoms with Crippen LogP contribution in [0.5, 0.6) is 0 Å². The van der Waals surface area contributed by atoms with Crippen molar-refractivity contribution in [3.8, 4) is 0 Å². The summed E-state index contributed by atoms with van der Waals surface area (Å²) in [4.78, 5) is 28.2. The van der Waals surface area contributed by atoms with Gasteiger partial charge in [-0.05, 0) is 80.6 Å². The van der Waals surface area contributed by atoms with E-state index < -0.39 is 0 Å². The Morgan fingerprint density at radius 3 is 2.53 bits per heavy atom. The maximum absolute atomic E-state index is 14.0. The molecule has 4 atom stereocenters. The van der Waals surface area contributed by atoms with Crippen LogP contribution in [0, 0.1) is 34.5 Å². The van der Waals surface area contributed by atoms with Crippen LogP contribution in [0.1, 0.15) is 86.0 Å². The molecule has 0 spiro atoms. The Morgan fingerprint density at radius 1 is 1.16 bits per heavy atom. The lowest BCUT2D eigenvalue weighted by Crippen LogP contribution is -2.57. The van der Waals surface area contributed by atoms with Crippen LogP contribution in [0.3, 0.4) is 0 Å². The Morgan fingerprint density at radius 2 is 1.88 bits per heavy atom. The highest BCUT2D eigenvalue weighted by atomic mass is 16.5. The number of ether oxygens (including phenoxy) is 1. The number of carbonyl (C=O) groups excluding carboxylic acids is 2. The summed E-state index contributed by atoms with van der Waals surface area (Å²) in [7, 11) is 0. The minimum atomic E-state index is -0.298. The molecule has 0 aromatic rings. The fourth-order valence-electron chi connectivity index (χ4n) is 7.54. The number of nitrogens with zero attached hydrogens (tertiary/aromatic N) is 1. The molecule has 0 aromatic heterocycles. The van der Waals surface area contributed by atoms with Gasteiger partial charge in [-0.25, -0.2) is 0 Å². The van der Waals surface area contributed by atoms with Gasteiger partial charge in [0, 0.05) is 13.1 Å². The van der Waals surface area contributed by atoms with Crippen LogP contribution >= 0.6 is 0 Å². The molecular weight excluding hydrogens is 398 g/mol. The van der Waals surface area contributed by atoms with Crippen LogP contribution in [0.4, 0.5) is 0 Å². The fraction of sp³-hybridized carbons (Fsp3) is 0.786. The number of piperidine rings is 1. The van der Waals surface area contributed by atoms with Crippen LogP contribution in [0.15, 0.2) is 23.3 Å². The van der Waals surface area contributed by atoms with Gasteiger partial charge in [-0.1, -0.05) is 51.8 Å². The molecule has 0 N–H and O–H groups in total. The molecule has 0 bridgehead atoms. The van der Waals surface area contributed by atoms with Crippen LogP contribution in [0.2, 0.25) is 0 Å². The van der Waals surface area contributed by atoms with E-state index in [0.717, 1.165) is 32.1 Å². The minimum absolute atomic E-state index is 0.0484. The zero-order valence-corrected chi connectivity index (χ0v) is 20.9. The molecule has 1 heterocycles. The van der Waals surface area contributed by atoms with Crippen molar-refractivity contribution in [1.82, 2.24) is 4.90 Å². The van der Waals surface area contributed by atoms with Gasteiger partial charge in [-0.2, -0.15) is 0 Å². The van der Waals surface area contributed by atoms with Crippen molar-refractivity contribution in [2.45, 2.75) is 86.0 Å². The summed E-state index contributed by atoms with van der Waals surface area (Å²) < 4.78 is 5.22. The fourth-order valence-corrected chi connectivity index (χ4v) is 7.54. The highest BCUT2D eigenvalue weighted by Crippen LogP contribution is 2.62. The van der Waals surface area contributed by atoms with E-state index in [0.29, 0.717) is 43.4 Å². The number of hydrogen-bond donors (Lipinski definition) is 0. The molecule has 2 fully saturated rings. The molecule has 1 saturated carbocycles. The predicted molar refractivity (Wildman–Crippen MR) is 128 cm³/mol. The molecule has 4 aliphatic rings. The third kappa shape index (κ3) is 3.96. The van der Waals surface area contributed by atoms with Gasteiger partial charge in [-0.3, -0.25) is 9.59 Å². The Labute approximate surface area is 194 Å². The van der Waals surface area contributed by atoms with Crippen molar-refractivity contribution < 1.29 is 14.3 Å². The van der Waals surface area contributed by atoms with Crippen LogP contribution < -0.4 is 0 Å². The highest BCUT2D eigenvalue weighted by Gasteiger charge is 2.57. The second-order valence-corrected chi connectivity index (χ2v) is 11.6. The minimum Gasteiger partial charge on any atom is -0.466 e. The van der Waals surface area contributed by atoms with E-state index in [-0.39, 0.29) is 22.7 Å². The molecule has 0 radical (unpaired) electrons. The van der Waals surface area contributed by atoms with Gasteiger partial charge in [0.2, 0.25) is 5.91 Å². The van der Waals surface area contributed by atoms with Crippen LogP contribution in [0.25, 0.3) is 0 Å². The average molecular weight is 442 g/mol. The second kappa shape index (κ2) is 8.99. The Hall–Kier alpha value is -1.58. The summed E-state index contributed by atoms with van der Waals surface area (Å²) in [6.07, 6.45) is 13.3. The maximum Gasteiger partial charge on any atom is 0.309 e. The van der Waals surface area contributed by atoms with Crippen molar-refractivity contribution in [1.29, 1.82) is 0 Å². The molecule has 1 amide bonds. The standard InChI is InChI=1S/C28H43NO3/c1-6-32-25(30)20-12-16-29(17-13-20)26(31)28(5)15-7-14-27(4)23-10-8-21(19(2)3)18-22(23)9-11-24(27)28/h9,18-20,23-24H,6-8,10-17H2,1-5H3/t23?,24?,27-,28-/m0/s1. The predicted octanol–water partition coefficient (Wildman–Crippen LogP) is 5.92. The van der Waals surface area contributed by atoms with Gasteiger partial charge in [0.15, 0.2) is 0 Å². The molecular formula is C28H43NO3. The molecule has 2 unspecified atom stereocenters. The first kappa shape index (κ1) is 23.6.